The number of aromatic nitrogens is 1. The van der Waals surface area contributed by atoms with E-state index in [9.17, 15) is 0 Å². The van der Waals surface area contributed by atoms with Crippen molar-refractivity contribution in [2.24, 2.45) is 5.92 Å². The van der Waals surface area contributed by atoms with Crippen molar-refractivity contribution in [1.29, 1.82) is 0 Å². The molecule has 0 spiro atoms. The van der Waals surface area contributed by atoms with Crippen molar-refractivity contribution in [2.75, 3.05) is 13.7 Å². The van der Waals surface area contributed by atoms with E-state index in [2.05, 4.69) is 26.1 Å². The average Bonchev–Trinajstić information content (AvgIpc) is 2.72. The zero-order chi connectivity index (χ0) is 14.6. The van der Waals surface area contributed by atoms with E-state index >= 15 is 0 Å². The smallest absolute Gasteiger partial charge is 0.125 e. The largest absolute Gasteiger partial charge is 0.371 e. The maximum absolute atomic E-state index is 5.79. The standard InChI is InChI=1S/C16H28N2OS/c1-5-9-17-11-14-13(10-12(2)3)18-15(20-14)16(19-4)7-6-8-16/h12,17H,5-11H2,1-4H3. The molecular formula is C16H28N2OS. The molecule has 1 fully saturated rings. The van der Waals surface area contributed by atoms with Gasteiger partial charge < -0.3 is 10.1 Å². The summed E-state index contributed by atoms with van der Waals surface area (Å²) in [7, 11) is 1.83. The second-order valence-electron chi connectivity index (χ2n) is 6.22. The lowest BCUT2D eigenvalue weighted by atomic mass is 9.80. The van der Waals surface area contributed by atoms with E-state index in [0.717, 1.165) is 32.4 Å². The molecule has 1 aliphatic carbocycles. The highest BCUT2D eigenvalue weighted by Gasteiger charge is 2.42. The number of methoxy groups -OCH3 is 1. The van der Waals surface area contributed by atoms with Gasteiger partial charge in [-0.3, -0.25) is 0 Å². The summed E-state index contributed by atoms with van der Waals surface area (Å²) in [5.41, 5.74) is 1.21. The number of nitrogens with zero attached hydrogens (tertiary/aromatic N) is 1. The monoisotopic (exact) mass is 296 g/mol. The van der Waals surface area contributed by atoms with Crippen LogP contribution in [0.1, 0.15) is 62.0 Å². The molecule has 0 aliphatic heterocycles. The van der Waals surface area contributed by atoms with Gasteiger partial charge in [-0.1, -0.05) is 20.8 Å². The first-order valence-corrected chi connectivity index (χ1v) is 8.68. The van der Waals surface area contributed by atoms with Crippen molar-refractivity contribution in [2.45, 2.75) is 65.0 Å². The number of rotatable bonds is 8. The molecular weight excluding hydrogens is 268 g/mol. The summed E-state index contributed by atoms with van der Waals surface area (Å²) in [6.45, 7) is 8.75. The Kier molecular flexibility index (Phi) is 5.58. The quantitative estimate of drug-likeness (QED) is 0.740. The molecule has 0 amide bonds. The summed E-state index contributed by atoms with van der Waals surface area (Å²) in [6, 6.07) is 0. The first-order chi connectivity index (χ1) is 9.61. The zero-order valence-corrected chi connectivity index (χ0v) is 14.1. The highest BCUT2D eigenvalue weighted by atomic mass is 32.1. The van der Waals surface area contributed by atoms with Gasteiger partial charge in [0.2, 0.25) is 0 Å². The van der Waals surface area contributed by atoms with Crippen LogP contribution in [0.15, 0.2) is 0 Å². The van der Waals surface area contributed by atoms with Gasteiger partial charge in [0.25, 0.3) is 0 Å². The van der Waals surface area contributed by atoms with Crippen LogP contribution >= 0.6 is 11.3 Å². The molecule has 114 valence electrons. The minimum absolute atomic E-state index is 0.0700. The molecule has 2 rings (SSSR count). The molecule has 1 aliphatic rings. The topological polar surface area (TPSA) is 34.1 Å². The third-order valence-corrected chi connectivity index (χ3v) is 5.32. The maximum atomic E-state index is 5.79. The molecule has 1 aromatic heterocycles. The summed E-state index contributed by atoms with van der Waals surface area (Å²) in [6.07, 6.45) is 5.75. The van der Waals surface area contributed by atoms with Gasteiger partial charge in [-0.2, -0.15) is 0 Å². The molecule has 0 atom stereocenters. The van der Waals surface area contributed by atoms with Gasteiger partial charge in [0.1, 0.15) is 10.6 Å². The molecule has 0 aromatic carbocycles. The van der Waals surface area contributed by atoms with E-state index in [1.165, 1.54) is 28.4 Å². The van der Waals surface area contributed by atoms with Crippen LogP contribution in [0.5, 0.6) is 0 Å². The lowest BCUT2D eigenvalue weighted by Crippen LogP contribution is -2.35. The van der Waals surface area contributed by atoms with Crippen LogP contribution in [0.4, 0.5) is 0 Å². The fourth-order valence-electron chi connectivity index (χ4n) is 2.64. The summed E-state index contributed by atoms with van der Waals surface area (Å²) < 4.78 is 5.79. The summed E-state index contributed by atoms with van der Waals surface area (Å²) in [5, 5.41) is 4.72. The van der Waals surface area contributed by atoms with Crippen LogP contribution in [0.3, 0.4) is 0 Å². The van der Waals surface area contributed by atoms with Gasteiger partial charge >= 0.3 is 0 Å². The van der Waals surface area contributed by atoms with E-state index in [0.29, 0.717) is 5.92 Å². The average molecular weight is 296 g/mol. The van der Waals surface area contributed by atoms with Crippen LogP contribution in [0, 0.1) is 5.92 Å². The van der Waals surface area contributed by atoms with Gasteiger partial charge in [0.05, 0.1) is 5.69 Å². The Balaban J connectivity index is 2.17. The molecule has 1 heterocycles. The Morgan fingerprint density at radius 2 is 2.15 bits per heavy atom. The molecule has 1 saturated carbocycles. The Morgan fingerprint density at radius 3 is 2.65 bits per heavy atom. The van der Waals surface area contributed by atoms with Crippen molar-refractivity contribution in [3.63, 3.8) is 0 Å². The van der Waals surface area contributed by atoms with E-state index in [1.807, 2.05) is 18.4 Å². The van der Waals surface area contributed by atoms with E-state index < -0.39 is 0 Å². The van der Waals surface area contributed by atoms with Gasteiger partial charge in [0, 0.05) is 18.5 Å². The molecule has 1 aromatic rings. The molecule has 4 heteroatoms. The van der Waals surface area contributed by atoms with Gasteiger partial charge in [-0.25, -0.2) is 4.98 Å². The Morgan fingerprint density at radius 1 is 1.40 bits per heavy atom. The van der Waals surface area contributed by atoms with E-state index in [1.54, 1.807) is 0 Å². The minimum atomic E-state index is -0.0700. The second kappa shape index (κ2) is 7.01. The molecule has 20 heavy (non-hydrogen) atoms. The Hall–Kier alpha value is -0.450. The first-order valence-electron chi connectivity index (χ1n) is 7.86. The summed E-state index contributed by atoms with van der Waals surface area (Å²) in [4.78, 5) is 6.36. The number of hydrogen-bond acceptors (Lipinski definition) is 4. The third-order valence-electron chi connectivity index (χ3n) is 4.03. The number of nitrogens with one attached hydrogen (secondary N) is 1. The lowest BCUT2D eigenvalue weighted by molar-refractivity contribution is -0.0780. The minimum Gasteiger partial charge on any atom is -0.371 e. The predicted molar refractivity (Wildman–Crippen MR) is 85.2 cm³/mol. The van der Waals surface area contributed by atoms with Crippen molar-refractivity contribution >= 4 is 11.3 Å². The van der Waals surface area contributed by atoms with Gasteiger partial charge in [0.15, 0.2) is 0 Å². The van der Waals surface area contributed by atoms with E-state index in [4.69, 9.17) is 9.72 Å². The van der Waals surface area contributed by atoms with Crippen LogP contribution < -0.4 is 5.32 Å². The third kappa shape index (κ3) is 3.41. The number of ether oxygens (including phenoxy) is 1. The fourth-order valence-corrected chi connectivity index (χ4v) is 3.93. The normalized spacial score (nSPS) is 17.4. The molecule has 1 N–H and O–H groups in total. The van der Waals surface area contributed by atoms with Crippen molar-refractivity contribution in [3.05, 3.63) is 15.6 Å². The second-order valence-corrected chi connectivity index (χ2v) is 7.30. The number of hydrogen-bond donors (Lipinski definition) is 1. The zero-order valence-electron chi connectivity index (χ0n) is 13.3. The molecule has 0 bridgehead atoms. The fraction of sp³-hybridized carbons (Fsp3) is 0.812. The molecule has 0 unspecified atom stereocenters. The SMILES string of the molecule is CCCNCc1sc(C2(OC)CCC2)nc1CC(C)C. The Bertz CT molecular complexity index is 419. The highest BCUT2D eigenvalue weighted by molar-refractivity contribution is 7.11. The van der Waals surface area contributed by atoms with Gasteiger partial charge in [-0.05, 0) is 44.6 Å². The first kappa shape index (κ1) is 15.9. The molecule has 3 nitrogen and oxygen atoms in total. The molecule has 0 saturated heterocycles. The van der Waals surface area contributed by atoms with Crippen LogP contribution in [0.25, 0.3) is 0 Å². The van der Waals surface area contributed by atoms with E-state index in [-0.39, 0.29) is 5.60 Å². The van der Waals surface area contributed by atoms with Crippen molar-refractivity contribution in [1.82, 2.24) is 10.3 Å². The summed E-state index contributed by atoms with van der Waals surface area (Å²) in [5.74, 6) is 0.648. The lowest BCUT2D eigenvalue weighted by Gasteiger charge is -2.38. The van der Waals surface area contributed by atoms with Crippen LogP contribution in [-0.4, -0.2) is 18.6 Å². The maximum Gasteiger partial charge on any atom is 0.125 e. The highest BCUT2D eigenvalue weighted by Crippen LogP contribution is 2.46. The van der Waals surface area contributed by atoms with Crippen LogP contribution in [-0.2, 0) is 23.3 Å². The van der Waals surface area contributed by atoms with Crippen molar-refractivity contribution in [3.8, 4) is 0 Å². The Labute approximate surface area is 127 Å². The number of thiazole rings is 1. The summed E-state index contributed by atoms with van der Waals surface area (Å²) >= 11 is 1.86. The predicted octanol–water partition coefficient (Wildman–Crippen LogP) is 3.87. The molecule has 0 radical (unpaired) electrons. The van der Waals surface area contributed by atoms with Crippen molar-refractivity contribution < 1.29 is 4.74 Å². The van der Waals surface area contributed by atoms with Gasteiger partial charge in [-0.15, -0.1) is 11.3 Å². The van der Waals surface area contributed by atoms with Crippen LogP contribution in [0.2, 0.25) is 0 Å².